The molecule has 3 aliphatic carbocycles. The van der Waals surface area contributed by atoms with Gasteiger partial charge in [0.15, 0.2) is 0 Å². The molecule has 0 saturated heterocycles. The lowest BCUT2D eigenvalue weighted by Gasteiger charge is -2.38. The van der Waals surface area contributed by atoms with Gasteiger partial charge in [0.1, 0.15) is 0 Å². The lowest BCUT2D eigenvalue weighted by molar-refractivity contribution is 0.149. The van der Waals surface area contributed by atoms with E-state index >= 15 is 0 Å². The number of hydrogen-bond acceptors (Lipinski definition) is 0. The summed E-state index contributed by atoms with van der Waals surface area (Å²) in [5, 5.41) is 0. The van der Waals surface area contributed by atoms with E-state index in [0.29, 0.717) is 0 Å². The van der Waals surface area contributed by atoms with E-state index in [1.54, 1.807) is 24.0 Å². The summed E-state index contributed by atoms with van der Waals surface area (Å²) in [5.74, 6) is 4.15. The SMILES string of the molecule is CCCC1CCC(C2CCC(C3=CC=C(C)CC3)CC2)CC1. The maximum absolute atomic E-state index is 2.46. The number of rotatable bonds is 4. The standard InChI is InChI=1S/C22H36/c1-3-4-18-7-11-20(12-8-18)22-15-13-21(14-16-22)19-9-5-17(2)6-10-19/h5,9,18,20-22H,3-4,6-8,10-16H2,1-2H3. The Hall–Kier alpha value is -0.520. The van der Waals surface area contributed by atoms with E-state index in [1.165, 1.54) is 64.2 Å². The highest BCUT2D eigenvalue weighted by molar-refractivity contribution is 5.24. The highest BCUT2D eigenvalue weighted by Gasteiger charge is 2.31. The van der Waals surface area contributed by atoms with Gasteiger partial charge in [-0.15, -0.1) is 0 Å². The summed E-state index contributed by atoms with van der Waals surface area (Å²) < 4.78 is 0. The minimum absolute atomic E-state index is 0.928. The molecule has 0 radical (unpaired) electrons. The molecule has 0 atom stereocenters. The van der Waals surface area contributed by atoms with Crippen molar-refractivity contribution in [1.82, 2.24) is 0 Å². The van der Waals surface area contributed by atoms with Crippen molar-refractivity contribution >= 4 is 0 Å². The highest BCUT2D eigenvalue weighted by Crippen LogP contribution is 2.44. The van der Waals surface area contributed by atoms with E-state index in [9.17, 15) is 0 Å². The minimum atomic E-state index is 0.928. The Balaban J connectivity index is 1.44. The maximum atomic E-state index is 2.46. The van der Waals surface area contributed by atoms with Crippen molar-refractivity contribution < 1.29 is 0 Å². The molecule has 0 aromatic rings. The molecule has 0 heterocycles. The second kappa shape index (κ2) is 7.84. The van der Waals surface area contributed by atoms with Crippen molar-refractivity contribution in [3.63, 3.8) is 0 Å². The van der Waals surface area contributed by atoms with Crippen LogP contribution in [0.4, 0.5) is 0 Å². The molecule has 3 aliphatic rings. The van der Waals surface area contributed by atoms with Crippen LogP contribution in [0.25, 0.3) is 0 Å². The summed E-state index contributed by atoms with van der Waals surface area (Å²) in [4.78, 5) is 0. The third-order valence-corrected chi connectivity index (χ3v) is 6.94. The van der Waals surface area contributed by atoms with Crippen molar-refractivity contribution in [1.29, 1.82) is 0 Å². The Morgan fingerprint density at radius 3 is 2.00 bits per heavy atom. The van der Waals surface area contributed by atoms with Crippen molar-refractivity contribution in [2.75, 3.05) is 0 Å². The van der Waals surface area contributed by atoms with Crippen LogP contribution in [-0.2, 0) is 0 Å². The van der Waals surface area contributed by atoms with Crippen LogP contribution in [0, 0.1) is 23.7 Å². The molecule has 0 aromatic heterocycles. The molecule has 3 rings (SSSR count). The average molecular weight is 301 g/mol. The van der Waals surface area contributed by atoms with Crippen LogP contribution < -0.4 is 0 Å². The zero-order valence-electron chi connectivity index (χ0n) is 14.9. The molecular formula is C22H36. The van der Waals surface area contributed by atoms with Crippen molar-refractivity contribution in [3.8, 4) is 0 Å². The predicted molar refractivity (Wildman–Crippen MR) is 96.9 cm³/mol. The average Bonchev–Trinajstić information content (AvgIpc) is 2.57. The second-order valence-electron chi connectivity index (χ2n) is 8.44. The zero-order valence-corrected chi connectivity index (χ0v) is 14.9. The molecular weight excluding hydrogens is 264 g/mol. The van der Waals surface area contributed by atoms with Crippen LogP contribution in [0.5, 0.6) is 0 Å². The van der Waals surface area contributed by atoms with Gasteiger partial charge in [-0.25, -0.2) is 0 Å². The molecule has 2 saturated carbocycles. The van der Waals surface area contributed by atoms with Crippen LogP contribution >= 0.6 is 0 Å². The van der Waals surface area contributed by atoms with E-state index in [4.69, 9.17) is 0 Å². The third kappa shape index (κ3) is 4.06. The largest absolute Gasteiger partial charge is 0.0730 e. The Morgan fingerprint density at radius 2 is 1.45 bits per heavy atom. The molecule has 0 spiro atoms. The fourth-order valence-electron chi connectivity index (χ4n) is 5.42. The Bertz CT molecular complexity index is 398. The van der Waals surface area contributed by atoms with Gasteiger partial charge in [-0.3, -0.25) is 0 Å². The monoisotopic (exact) mass is 300 g/mol. The molecule has 2 fully saturated rings. The van der Waals surface area contributed by atoms with E-state index < -0.39 is 0 Å². The van der Waals surface area contributed by atoms with Gasteiger partial charge < -0.3 is 0 Å². The van der Waals surface area contributed by atoms with E-state index in [-0.39, 0.29) is 0 Å². The molecule has 0 heteroatoms. The lowest BCUT2D eigenvalue weighted by atomic mass is 9.67. The smallest absolute Gasteiger partial charge is 0.0200 e. The Kier molecular flexibility index (Phi) is 5.83. The molecule has 0 N–H and O–H groups in total. The van der Waals surface area contributed by atoms with Gasteiger partial charge in [0.25, 0.3) is 0 Å². The van der Waals surface area contributed by atoms with Crippen molar-refractivity contribution in [2.24, 2.45) is 23.7 Å². The summed E-state index contributed by atoms with van der Waals surface area (Å²) in [6.45, 7) is 4.63. The van der Waals surface area contributed by atoms with Gasteiger partial charge in [-0.05, 0) is 82.0 Å². The highest BCUT2D eigenvalue weighted by atomic mass is 14.4. The van der Waals surface area contributed by atoms with Gasteiger partial charge >= 0.3 is 0 Å². The first-order valence-electron chi connectivity index (χ1n) is 10.1. The number of hydrogen-bond donors (Lipinski definition) is 0. The van der Waals surface area contributed by atoms with E-state index in [1.807, 2.05) is 0 Å². The summed E-state index contributed by atoms with van der Waals surface area (Å²) in [6, 6.07) is 0. The molecule has 22 heavy (non-hydrogen) atoms. The second-order valence-corrected chi connectivity index (χ2v) is 8.44. The molecule has 124 valence electrons. The topological polar surface area (TPSA) is 0 Å². The molecule has 0 amide bonds. The van der Waals surface area contributed by atoms with Gasteiger partial charge in [-0.2, -0.15) is 0 Å². The summed E-state index contributed by atoms with van der Waals surface area (Å²) in [5.41, 5.74) is 3.34. The fourth-order valence-corrected chi connectivity index (χ4v) is 5.42. The van der Waals surface area contributed by atoms with Gasteiger partial charge in [-0.1, -0.05) is 55.9 Å². The van der Waals surface area contributed by atoms with Gasteiger partial charge in [0.05, 0.1) is 0 Å². The normalized spacial score (nSPS) is 36.6. The zero-order chi connectivity index (χ0) is 15.4. The first-order chi connectivity index (χ1) is 10.8. The van der Waals surface area contributed by atoms with E-state index in [0.717, 1.165) is 23.7 Å². The molecule has 0 bridgehead atoms. The van der Waals surface area contributed by atoms with Crippen LogP contribution in [-0.4, -0.2) is 0 Å². The Labute approximate surface area is 138 Å². The molecule has 0 unspecified atom stereocenters. The molecule has 0 aromatic carbocycles. The van der Waals surface area contributed by atoms with Crippen molar-refractivity contribution in [2.45, 2.75) is 90.9 Å². The number of allylic oxidation sites excluding steroid dienone is 4. The molecule has 0 nitrogen and oxygen atoms in total. The summed E-state index contributed by atoms with van der Waals surface area (Å²) in [7, 11) is 0. The summed E-state index contributed by atoms with van der Waals surface area (Å²) in [6.07, 6.45) is 22.5. The van der Waals surface area contributed by atoms with Crippen LogP contribution in [0.15, 0.2) is 23.3 Å². The minimum Gasteiger partial charge on any atom is -0.0730 e. The lowest BCUT2D eigenvalue weighted by Crippen LogP contribution is -2.26. The van der Waals surface area contributed by atoms with E-state index in [2.05, 4.69) is 26.0 Å². The Morgan fingerprint density at radius 1 is 0.818 bits per heavy atom. The quantitative estimate of drug-likeness (QED) is 0.521. The van der Waals surface area contributed by atoms with Gasteiger partial charge in [0, 0.05) is 0 Å². The maximum Gasteiger partial charge on any atom is -0.0200 e. The van der Waals surface area contributed by atoms with Crippen LogP contribution in [0.2, 0.25) is 0 Å². The predicted octanol–water partition coefficient (Wildman–Crippen LogP) is 7.07. The fraction of sp³-hybridized carbons (Fsp3) is 0.818. The first kappa shape index (κ1) is 16.3. The van der Waals surface area contributed by atoms with Crippen LogP contribution in [0.1, 0.15) is 90.9 Å². The van der Waals surface area contributed by atoms with Gasteiger partial charge in [0.2, 0.25) is 0 Å². The van der Waals surface area contributed by atoms with Crippen LogP contribution in [0.3, 0.4) is 0 Å². The first-order valence-corrected chi connectivity index (χ1v) is 10.1. The molecule has 0 aliphatic heterocycles. The summed E-state index contributed by atoms with van der Waals surface area (Å²) >= 11 is 0. The third-order valence-electron chi connectivity index (χ3n) is 6.94. The van der Waals surface area contributed by atoms with Crippen molar-refractivity contribution in [3.05, 3.63) is 23.3 Å².